The summed E-state index contributed by atoms with van der Waals surface area (Å²) in [5.41, 5.74) is 0.952. The van der Waals surface area contributed by atoms with Gasteiger partial charge in [0.2, 0.25) is 0 Å². The number of rotatable bonds is 6. The molecule has 0 saturated carbocycles. The topological polar surface area (TPSA) is 59.1 Å². The maximum Gasteiger partial charge on any atom is 0.289 e. The van der Waals surface area contributed by atoms with E-state index in [2.05, 4.69) is 4.90 Å². The molecule has 0 atom stereocenters. The van der Waals surface area contributed by atoms with Crippen molar-refractivity contribution in [2.24, 2.45) is 0 Å². The van der Waals surface area contributed by atoms with Gasteiger partial charge in [0.05, 0.1) is 12.8 Å². The van der Waals surface area contributed by atoms with Crippen molar-refractivity contribution >= 4 is 17.5 Å². The van der Waals surface area contributed by atoms with E-state index in [1.165, 1.54) is 0 Å². The molecule has 7 heteroatoms. The number of amides is 1. The van der Waals surface area contributed by atoms with Crippen LogP contribution in [0.5, 0.6) is 5.75 Å². The first-order chi connectivity index (χ1) is 14.1. The van der Waals surface area contributed by atoms with Crippen LogP contribution in [0.1, 0.15) is 27.6 Å². The lowest BCUT2D eigenvalue weighted by atomic mass is 10.2. The van der Waals surface area contributed by atoms with Gasteiger partial charge in [-0.1, -0.05) is 11.6 Å². The molecule has 2 aromatic heterocycles. The van der Waals surface area contributed by atoms with Gasteiger partial charge in [-0.3, -0.25) is 9.69 Å². The molecular weight excluding hydrogens is 392 g/mol. The van der Waals surface area contributed by atoms with E-state index in [-0.39, 0.29) is 12.5 Å². The van der Waals surface area contributed by atoms with Crippen LogP contribution in [0, 0.1) is 6.92 Å². The number of hydrogen-bond acceptors (Lipinski definition) is 5. The van der Waals surface area contributed by atoms with Crippen LogP contribution in [0.4, 0.5) is 0 Å². The van der Waals surface area contributed by atoms with E-state index in [9.17, 15) is 4.79 Å². The summed E-state index contributed by atoms with van der Waals surface area (Å²) < 4.78 is 16.9. The lowest BCUT2D eigenvalue weighted by Crippen LogP contribution is -2.48. The fourth-order valence-corrected chi connectivity index (χ4v) is 3.61. The van der Waals surface area contributed by atoms with E-state index in [0.717, 1.165) is 36.7 Å². The number of nitrogens with zero attached hydrogens (tertiary/aromatic N) is 2. The molecule has 1 aliphatic rings. The molecule has 1 saturated heterocycles. The van der Waals surface area contributed by atoms with Gasteiger partial charge < -0.3 is 18.5 Å². The molecule has 3 heterocycles. The molecule has 0 bridgehead atoms. The maximum atomic E-state index is 12.7. The predicted octanol–water partition coefficient (Wildman–Crippen LogP) is 4.37. The SMILES string of the molecule is Cc1cc(Cl)ccc1OCc1ccc(C(=O)N2CCN(Cc3ccco3)CC2)o1. The first kappa shape index (κ1) is 19.6. The van der Waals surface area contributed by atoms with Crippen molar-refractivity contribution in [1.82, 2.24) is 9.80 Å². The minimum Gasteiger partial charge on any atom is -0.485 e. The summed E-state index contributed by atoms with van der Waals surface area (Å²) in [6.07, 6.45) is 1.68. The Bertz CT molecular complexity index is 959. The third kappa shape index (κ3) is 4.83. The molecule has 3 aromatic rings. The Morgan fingerprint density at radius 2 is 1.93 bits per heavy atom. The molecule has 1 amide bonds. The summed E-state index contributed by atoms with van der Waals surface area (Å²) in [5, 5.41) is 0.671. The van der Waals surface area contributed by atoms with E-state index < -0.39 is 0 Å². The predicted molar refractivity (Wildman–Crippen MR) is 109 cm³/mol. The molecule has 0 aliphatic carbocycles. The van der Waals surface area contributed by atoms with Crippen molar-refractivity contribution in [3.8, 4) is 5.75 Å². The largest absolute Gasteiger partial charge is 0.485 e. The van der Waals surface area contributed by atoms with E-state index in [1.807, 2.05) is 36.1 Å². The summed E-state index contributed by atoms with van der Waals surface area (Å²) >= 11 is 5.97. The molecule has 0 unspecified atom stereocenters. The fourth-order valence-electron chi connectivity index (χ4n) is 3.38. The summed E-state index contributed by atoms with van der Waals surface area (Å²) in [6.45, 7) is 5.89. The average Bonchev–Trinajstić information content (AvgIpc) is 3.39. The Balaban J connectivity index is 1.29. The van der Waals surface area contributed by atoms with Gasteiger partial charge in [0.1, 0.15) is 23.9 Å². The summed E-state index contributed by atoms with van der Waals surface area (Å²) in [6, 6.07) is 12.8. The number of benzene rings is 1. The van der Waals surface area contributed by atoms with Crippen LogP contribution in [0.25, 0.3) is 0 Å². The smallest absolute Gasteiger partial charge is 0.289 e. The lowest BCUT2D eigenvalue weighted by molar-refractivity contribution is 0.0586. The van der Waals surface area contributed by atoms with Crippen molar-refractivity contribution in [3.63, 3.8) is 0 Å². The summed E-state index contributed by atoms with van der Waals surface area (Å²) in [7, 11) is 0. The second-order valence-electron chi connectivity index (χ2n) is 7.11. The first-order valence-electron chi connectivity index (χ1n) is 9.60. The van der Waals surface area contributed by atoms with E-state index >= 15 is 0 Å². The minimum atomic E-state index is -0.0865. The molecule has 4 rings (SSSR count). The third-order valence-corrected chi connectivity index (χ3v) is 5.23. The highest BCUT2D eigenvalue weighted by Gasteiger charge is 2.24. The molecule has 1 aliphatic heterocycles. The molecule has 0 spiro atoms. The van der Waals surface area contributed by atoms with Crippen LogP contribution >= 0.6 is 11.6 Å². The molecule has 152 valence electrons. The minimum absolute atomic E-state index is 0.0865. The number of aryl methyl sites for hydroxylation is 1. The second-order valence-corrected chi connectivity index (χ2v) is 7.55. The highest BCUT2D eigenvalue weighted by molar-refractivity contribution is 6.30. The van der Waals surface area contributed by atoms with Gasteiger partial charge in [-0.2, -0.15) is 0 Å². The van der Waals surface area contributed by atoms with E-state index in [1.54, 1.807) is 24.5 Å². The number of hydrogen-bond donors (Lipinski definition) is 0. The molecule has 6 nitrogen and oxygen atoms in total. The quantitative estimate of drug-likeness (QED) is 0.599. The Morgan fingerprint density at radius 1 is 1.10 bits per heavy atom. The van der Waals surface area contributed by atoms with Crippen molar-refractivity contribution in [3.05, 3.63) is 76.6 Å². The van der Waals surface area contributed by atoms with Crippen LogP contribution in [-0.2, 0) is 13.2 Å². The number of carbonyl (C=O) groups is 1. The van der Waals surface area contributed by atoms with Crippen molar-refractivity contribution < 1.29 is 18.4 Å². The van der Waals surface area contributed by atoms with E-state index in [4.69, 9.17) is 25.2 Å². The van der Waals surface area contributed by atoms with Gasteiger partial charge in [0, 0.05) is 31.2 Å². The summed E-state index contributed by atoms with van der Waals surface area (Å²) in [4.78, 5) is 16.8. The number of ether oxygens (including phenoxy) is 1. The van der Waals surface area contributed by atoms with Crippen LogP contribution < -0.4 is 4.74 Å². The molecular formula is C22H23ClN2O4. The normalized spacial score (nSPS) is 14.9. The molecule has 1 fully saturated rings. The maximum absolute atomic E-state index is 12.7. The molecule has 0 radical (unpaired) electrons. The second kappa shape index (κ2) is 8.76. The Morgan fingerprint density at radius 3 is 2.66 bits per heavy atom. The zero-order valence-electron chi connectivity index (χ0n) is 16.3. The van der Waals surface area contributed by atoms with Crippen LogP contribution in [0.15, 0.2) is 57.6 Å². The van der Waals surface area contributed by atoms with Crippen molar-refractivity contribution in [1.29, 1.82) is 0 Å². The van der Waals surface area contributed by atoms with Gasteiger partial charge >= 0.3 is 0 Å². The van der Waals surface area contributed by atoms with Gasteiger partial charge in [-0.15, -0.1) is 0 Å². The highest BCUT2D eigenvalue weighted by atomic mass is 35.5. The lowest BCUT2D eigenvalue weighted by Gasteiger charge is -2.33. The first-order valence-corrected chi connectivity index (χ1v) is 9.98. The Labute approximate surface area is 174 Å². The van der Waals surface area contributed by atoms with Gasteiger partial charge in [0.15, 0.2) is 5.76 Å². The number of piperazine rings is 1. The molecule has 0 N–H and O–H groups in total. The average molecular weight is 415 g/mol. The zero-order valence-corrected chi connectivity index (χ0v) is 17.0. The third-order valence-electron chi connectivity index (χ3n) is 5.00. The van der Waals surface area contributed by atoms with Crippen LogP contribution in [-0.4, -0.2) is 41.9 Å². The monoisotopic (exact) mass is 414 g/mol. The Hall–Kier alpha value is -2.70. The molecule has 29 heavy (non-hydrogen) atoms. The van der Waals surface area contributed by atoms with Crippen molar-refractivity contribution in [2.75, 3.05) is 26.2 Å². The highest BCUT2D eigenvalue weighted by Crippen LogP contribution is 2.23. The standard InChI is InChI=1S/C22H23ClN2O4/c1-16-13-17(23)4-6-20(16)28-15-19-5-7-21(29-19)22(26)25-10-8-24(9-11-25)14-18-3-2-12-27-18/h2-7,12-13H,8-11,14-15H2,1H3. The van der Waals surface area contributed by atoms with Gasteiger partial charge in [-0.25, -0.2) is 0 Å². The molecule has 1 aromatic carbocycles. The number of halogens is 1. The summed E-state index contributed by atoms with van der Waals surface area (Å²) in [5.74, 6) is 2.55. The number of carbonyl (C=O) groups excluding carboxylic acids is 1. The fraction of sp³-hybridized carbons (Fsp3) is 0.318. The van der Waals surface area contributed by atoms with Gasteiger partial charge in [0.25, 0.3) is 5.91 Å². The Kier molecular flexibility index (Phi) is 5.92. The van der Waals surface area contributed by atoms with Gasteiger partial charge in [-0.05, 0) is 55.0 Å². The van der Waals surface area contributed by atoms with Crippen molar-refractivity contribution in [2.45, 2.75) is 20.1 Å². The van der Waals surface area contributed by atoms with E-state index in [0.29, 0.717) is 29.6 Å². The number of furan rings is 2. The van der Waals surface area contributed by atoms with Crippen LogP contribution in [0.3, 0.4) is 0 Å². The zero-order chi connectivity index (χ0) is 20.2. The van der Waals surface area contributed by atoms with Crippen LogP contribution in [0.2, 0.25) is 5.02 Å².